The van der Waals surface area contributed by atoms with Crippen LogP contribution in [0.1, 0.15) is 36.8 Å². The first-order chi connectivity index (χ1) is 17.4. The van der Waals surface area contributed by atoms with Crippen LogP contribution in [0.15, 0.2) is 36.4 Å². The minimum Gasteiger partial charge on any atom is -0.399 e. The highest BCUT2D eigenvalue weighted by atomic mass is 15.5. The molecule has 194 valence electrons. The summed E-state index contributed by atoms with van der Waals surface area (Å²) in [5.74, 6) is 0. The highest BCUT2D eigenvalue weighted by Gasteiger charge is 2.51. The van der Waals surface area contributed by atoms with Crippen molar-refractivity contribution in [2.24, 2.45) is 0 Å². The predicted octanol–water partition coefficient (Wildman–Crippen LogP) is 3.77. The van der Waals surface area contributed by atoms with E-state index in [4.69, 9.17) is 11.5 Å². The summed E-state index contributed by atoms with van der Waals surface area (Å²) in [7, 11) is 0. The number of nitrogen functional groups attached to an aromatic ring is 2. The number of hydrogen-bond acceptors (Lipinski definition) is 4. The molecule has 2 atom stereocenters. The zero-order valence-electron chi connectivity index (χ0n) is 22.5. The van der Waals surface area contributed by atoms with Crippen molar-refractivity contribution in [3.05, 3.63) is 47.5 Å². The Kier molecular flexibility index (Phi) is 6.08. The Hall–Kier alpha value is -2.44. The van der Waals surface area contributed by atoms with Crippen LogP contribution in [0.4, 0.5) is 22.7 Å². The molecule has 6 heteroatoms. The quantitative estimate of drug-likeness (QED) is 0.478. The molecular formula is C30H46N6+2. The third-order valence-corrected chi connectivity index (χ3v) is 10.3. The molecule has 5 fully saturated rings. The number of fused-ring (bicyclic) bond motifs is 3. The molecule has 7 rings (SSSR count). The van der Waals surface area contributed by atoms with E-state index in [2.05, 4.69) is 60.0 Å². The van der Waals surface area contributed by atoms with Crippen molar-refractivity contribution in [3.63, 3.8) is 0 Å². The van der Waals surface area contributed by atoms with Crippen molar-refractivity contribution in [3.8, 4) is 0 Å². The summed E-state index contributed by atoms with van der Waals surface area (Å²) in [5, 5.41) is 0. The molecule has 0 spiro atoms. The molecule has 0 amide bonds. The van der Waals surface area contributed by atoms with Gasteiger partial charge in [-0.25, -0.2) is 0 Å². The maximum Gasteiger partial charge on any atom is 0.129 e. The van der Waals surface area contributed by atoms with Gasteiger partial charge in [-0.15, -0.1) is 0 Å². The fourth-order valence-corrected chi connectivity index (χ4v) is 7.79. The summed E-state index contributed by atoms with van der Waals surface area (Å²) in [6.07, 6.45) is 5.30. The zero-order chi connectivity index (χ0) is 24.9. The van der Waals surface area contributed by atoms with Gasteiger partial charge in [0.2, 0.25) is 0 Å². The van der Waals surface area contributed by atoms with Crippen LogP contribution in [0.25, 0.3) is 0 Å². The predicted molar refractivity (Wildman–Crippen MR) is 151 cm³/mol. The fourth-order valence-electron chi connectivity index (χ4n) is 7.79. The lowest BCUT2D eigenvalue weighted by molar-refractivity contribution is -1.08. The normalized spacial score (nSPS) is 31.9. The number of anilines is 4. The van der Waals surface area contributed by atoms with E-state index in [1.165, 1.54) is 123 Å². The van der Waals surface area contributed by atoms with Crippen LogP contribution in [-0.4, -0.2) is 86.5 Å². The van der Waals surface area contributed by atoms with Crippen LogP contribution in [0.2, 0.25) is 0 Å². The van der Waals surface area contributed by atoms with Crippen molar-refractivity contribution in [1.29, 1.82) is 0 Å². The lowest BCUT2D eigenvalue weighted by Gasteiger charge is -2.57. The summed E-state index contributed by atoms with van der Waals surface area (Å²) < 4.78 is 2.70. The standard InChI is InChI=1S/C30H46N6/c1-23-19-25(7-9-29(23)31)33-11-3-5-27(33)21-35-13-16-36(17-14-35,18-15-35)22-28-6-4-12-34(28)26-8-10-30(32)24(2)20-26/h7-10,19-20,27-28H,3-6,11-18,21-22,31-32H2,1-2H3/q+2. The van der Waals surface area contributed by atoms with Crippen molar-refractivity contribution >= 4 is 22.7 Å². The minimum atomic E-state index is 0.671. The molecule has 5 aliphatic heterocycles. The summed E-state index contributed by atoms with van der Waals surface area (Å²) in [6.45, 7) is 17.5. The van der Waals surface area contributed by atoms with E-state index in [1.807, 2.05) is 0 Å². The van der Waals surface area contributed by atoms with Gasteiger partial charge in [-0.05, 0) is 87.1 Å². The van der Waals surface area contributed by atoms with Crippen molar-refractivity contribution in [1.82, 2.24) is 0 Å². The van der Waals surface area contributed by atoms with Crippen LogP contribution in [0, 0.1) is 13.8 Å². The zero-order valence-corrected chi connectivity index (χ0v) is 22.5. The monoisotopic (exact) mass is 490 g/mol. The third-order valence-electron chi connectivity index (χ3n) is 10.3. The van der Waals surface area contributed by atoms with E-state index < -0.39 is 0 Å². The number of rotatable bonds is 6. The van der Waals surface area contributed by atoms with Crippen LogP contribution in [-0.2, 0) is 0 Å². The summed E-state index contributed by atoms with van der Waals surface area (Å²) in [5.41, 5.74) is 19.2. The maximum absolute atomic E-state index is 6.11. The topological polar surface area (TPSA) is 58.5 Å². The molecule has 5 heterocycles. The molecule has 36 heavy (non-hydrogen) atoms. The first-order valence-electron chi connectivity index (χ1n) is 14.3. The van der Waals surface area contributed by atoms with E-state index in [1.54, 1.807) is 0 Å². The van der Waals surface area contributed by atoms with E-state index >= 15 is 0 Å². The van der Waals surface area contributed by atoms with Crippen molar-refractivity contribution in [2.75, 3.05) is 86.7 Å². The number of hydrogen-bond donors (Lipinski definition) is 2. The molecule has 2 aromatic rings. The van der Waals surface area contributed by atoms with Gasteiger partial charge in [0.05, 0.1) is 25.2 Å². The molecule has 5 saturated heterocycles. The van der Waals surface area contributed by atoms with Crippen molar-refractivity contribution in [2.45, 2.75) is 51.6 Å². The molecule has 2 unspecified atom stereocenters. The Morgan fingerprint density at radius 3 is 1.42 bits per heavy atom. The van der Waals surface area contributed by atoms with E-state index in [0.29, 0.717) is 12.1 Å². The number of nitrogens with two attached hydrogens (primary N) is 2. The summed E-state index contributed by atoms with van der Waals surface area (Å²) >= 11 is 0. The van der Waals surface area contributed by atoms with Gasteiger partial charge in [0, 0.05) is 35.8 Å². The second-order valence-corrected chi connectivity index (χ2v) is 12.5. The van der Waals surface area contributed by atoms with Crippen molar-refractivity contribution < 1.29 is 8.97 Å². The number of quaternary nitrogens is 2. The second kappa shape index (κ2) is 9.14. The van der Waals surface area contributed by atoms with Crippen LogP contribution >= 0.6 is 0 Å². The molecule has 0 saturated carbocycles. The van der Waals surface area contributed by atoms with E-state index in [0.717, 1.165) is 11.4 Å². The Morgan fingerprint density at radius 2 is 1.06 bits per heavy atom. The van der Waals surface area contributed by atoms with E-state index in [-0.39, 0.29) is 0 Å². The first-order valence-corrected chi connectivity index (χ1v) is 14.3. The highest BCUT2D eigenvalue weighted by Crippen LogP contribution is 2.35. The molecule has 2 aromatic carbocycles. The Labute approximate surface area is 217 Å². The van der Waals surface area contributed by atoms with Gasteiger partial charge in [-0.2, -0.15) is 0 Å². The van der Waals surface area contributed by atoms with Gasteiger partial charge in [-0.3, -0.25) is 0 Å². The molecule has 5 aliphatic rings. The molecule has 2 bridgehead atoms. The molecule has 0 aliphatic carbocycles. The smallest absolute Gasteiger partial charge is 0.129 e. The van der Waals surface area contributed by atoms with Gasteiger partial charge >= 0.3 is 0 Å². The summed E-state index contributed by atoms with van der Waals surface area (Å²) in [4.78, 5) is 5.38. The van der Waals surface area contributed by atoms with Crippen LogP contribution in [0.5, 0.6) is 0 Å². The second-order valence-electron chi connectivity index (χ2n) is 12.5. The highest BCUT2D eigenvalue weighted by molar-refractivity contribution is 5.60. The van der Waals surface area contributed by atoms with Gasteiger partial charge in [0.1, 0.15) is 39.3 Å². The number of nitrogens with zero attached hydrogens (tertiary/aromatic N) is 4. The Bertz CT molecular complexity index is 1000. The fraction of sp³-hybridized carbons (Fsp3) is 0.600. The van der Waals surface area contributed by atoms with E-state index in [9.17, 15) is 0 Å². The van der Waals surface area contributed by atoms with Gasteiger partial charge < -0.3 is 30.2 Å². The molecule has 6 nitrogen and oxygen atoms in total. The molecule has 0 radical (unpaired) electrons. The third kappa shape index (κ3) is 4.32. The number of benzene rings is 2. The average Bonchev–Trinajstić information content (AvgIpc) is 3.53. The lowest BCUT2D eigenvalue weighted by Crippen LogP contribution is -2.77. The Balaban J connectivity index is 1.11. The first kappa shape index (κ1) is 23.9. The maximum atomic E-state index is 6.11. The van der Waals surface area contributed by atoms with Crippen LogP contribution < -0.4 is 21.3 Å². The summed E-state index contributed by atoms with van der Waals surface area (Å²) in [6, 6.07) is 14.6. The number of piperazine rings is 3. The van der Waals surface area contributed by atoms with Gasteiger partial charge in [-0.1, -0.05) is 0 Å². The van der Waals surface area contributed by atoms with Gasteiger partial charge in [0.15, 0.2) is 0 Å². The SMILES string of the molecule is Cc1cc(N2CCCC2C[N+]23CC[N+](CC4CCCN4c4ccc(N)c(C)c4)(CC2)CC3)ccc1N. The van der Waals surface area contributed by atoms with Gasteiger partial charge in [0.25, 0.3) is 0 Å². The molecule has 0 aromatic heterocycles. The minimum absolute atomic E-state index is 0.671. The Morgan fingerprint density at radius 1 is 0.667 bits per heavy atom. The lowest BCUT2D eigenvalue weighted by atomic mass is 10.0. The largest absolute Gasteiger partial charge is 0.399 e. The number of aryl methyl sites for hydroxylation is 2. The molecule has 4 N–H and O–H groups in total. The molecular weight excluding hydrogens is 444 g/mol. The average molecular weight is 491 g/mol. The van der Waals surface area contributed by atoms with Crippen LogP contribution in [0.3, 0.4) is 0 Å².